The van der Waals surface area contributed by atoms with Gasteiger partial charge in [-0.05, 0) is 24.6 Å². The standard InChI is InChI=1S/C22H24N4O2S/c1-14-16(10-11-28-14)20-23-24-21(26(20)5)29-13-15(27)12-19-22(2,3)17-8-6-7-9-18(17)25(19)4/h6-12H,13H2,1-5H3/b19-12-. The average Bonchev–Trinajstić information content (AvgIpc) is 3.33. The minimum atomic E-state index is -0.206. The lowest BCUT2D eigenvalue weighted by Crippen LogP contribution is -2.24. The predicted octanol–water partition coefficient (Wildman–Crippen LogP) is 4.36. The summed E-state index contributed by atoms with van der Waals surface area (Å²) in [6, 6.07) is 10.2. The van der Waals surface area contributed by atoms with Gasteiger partial charge >= 0.3 is 0 Å². The summed E-state index contributed by atoms with van der Waals surface area (Å²) in [5.41, 5.74) is 4.10. The highest BCUT2D eigenvalue weighted by Crippen LogP contribution is 2.46. The third-order valence-corrected chi connectivity index (χ3v) is 6.56. The van der Waals surface area contributed by atoms with Crippen LogP contribution < -0.4 is 4.90 Å². The molecular weight excluding hydrogens is 384 g/mol. The van der Waals surface area contributed by atoms with E-state index in [1.165, 1.54) is 17.3 Å². The van der Waals surface area contributed by atoms with Crippen LogP contribution in [0.4, 0.5) is 5.69 Å². The van der Waals surface area contributed by atoms with Crippen molar-refractivity contribution >= 4 is 23.2 Å². The molecule has 1 aromatic carbocycles. The van der Waals surface area contributed by atoms with Gasteiger partial charge in [-0.25, -0.2) is 0 Å². The van der Waals surface area contributed by atoms with Gasteiger partial charge in [-0.2, -0.15) is 0 Å². The number of benzene rings is 1. The Balaban J connectivity index is 1.50. The molecule has 0 amide bonds. The van der Waals surface area contributed by atoms with Gasteiger partial charge in [0.1, 0.15) is 5.76 Å². The number of nitrogens with zero attached hydrogens (tertiary/aromatic N) is 4. The molecule has 1 aliphatic rings. The zero-order valence-electron chi connectivity index (χ0n) is 17.3. The Morgan fingerprint density at radius 2 is 1.97 bits per heavy atom. The molecule has 150 valence electrons. The molecule has 0 unspecified atom stereocenters. The van der Waals surface area contributed by atoms with E-state index in [2.05, 4.69) is 41.1 Å². The third kappa shape index (κ3) is 3.29. The summed E-state index contributed by atoms with van der Waals surface area (Å²) in [7, 11) is 3.92. The summed E-state index contributed by atoms with van der Waals surface area (Å²) in [5.74, 6) is 1.89. The monoisotopic (exact) mass is 408 g/mol. The van der Waals surface area contributed by atoms with Crippen molar-refractivity contribution < 1.29 is 9.21 Å². The van der Waals surface area contributed by atoms with Crippen molar-refractivity contribution in [1.82, 2.24) is 14.8 Å². The van der Waals surface area contributed by atoms with Crippen LogP contribution in [-0.2, 0) is 17.3 Å². The second kappa shape index (κ2) is 7.22. The first-order valence-corrected chi connectivity index (χ1v) is 10.4. The summed E-state index contributed by atoms with van der Waals surface area (Å²) in [4.78, 5) is 14.9. The number of likely N-dealkylation sites (N-methyl/N-ethyl adjacent to an activating group) is 1. The minimum Gasteiger partial charge on any atom is -0.469 e. The van der Waals surface area contributed by atoms with E-state index < -0.39 is 0 Å². The van der Waals surface area contributed by atoms with Gasteiger partial charge in [-0.1, -0.05) is 43.8 Å². The van der Waals surface area contributed by atoms with E-state index in [0.29, 0.717) is 10.9 Å². The fourth-order valence-corrected chi connectivity index (χ4v) is 4.61. The van der Waals surface area contributed by atoms with Crippen molar-refractivity contribution in [2.45, 2.75) is 31.3 Å². The Bertz CT molecular complexity index is 1110. The molecule has 2 aromatic heterocycles. The Labute approximate surface area is 174 Å². The lowest BCUT2D eigenvalue weighted by molar-refractivity contribution is -0.112. The van der Waals surface area contributed by atoms with E-state index in [1.54, 1.807) is 12.3 Å². The number of aryl methyl sites for hydroxylation is 1. The van der Waals surface area contributed by atoms with Gasteiger partial charge in [-0.3, -0.25) is 4.79 Å². The van der Waals surface area contributed by atoms with Crippen LogP contribution in [0.3, 0.4) is 0 Å². The van der Waals surface area contributed by atoms with Crippen molar-refractivity contribution in [2.75, 3.05) is 17.7 Å². The number of hydrogen-bond donors (Lipinski definition) is 0. The Kier molecular flexibility index (Phi) is 4.86. The van der Waals surface area contributed by atoms with Crippen molar-refractivity contribution in [3.05, 3.63) is 59.7 Å². The van der Waals surface area contributed by atoms with Gasteiger partial charge in [0, 0.05) is 37.0 Å². The van der Waals surface area contributed by atoms with Crippen LogP contribution >= 0.6 is 11.8 Å². The van der Waals surface area contributed by atoms with Crippen LogP contribution in [0.25, 0.3) is 11.4 Å². The van der Waals surface area contributed by atoms with E-state index >= 15 is 0 Å². The maximum Gasteiger partial charge on any atom is 0.191 e. The quantitative estimate of drug-likeness (QED) is 0.462. The molecule has 0 spiro atoms. The first-order valence-electron chi connectivity index (χ1n) is 9.45. The van der Waals surface area contributed by atoms with Crippen LogP contribution in [-0.4, -0.2) is 33.3 Å². The number of rotatable bonds is 5. The number of aromatic nitrogens is 3. The van der Waals surface area contributed by atoms with Crippen molar-refractivity contribution in [3.8, 4) is 11.4 Å². The molecule has 7 heteroatoms. The summed E-state index contributed by atoms with van der Waals surface area (Å²) < 4.78 is 7.25. The van der Waals surface area contributed by atoms with E-state index in [0.717, 1.165) is 28.5 Å². The lowest BCUT2D eigenvalue weighted by Gasteiger charge is -2.23. The van der Waals surface area contributed by atoms with Crippen LogP contribution in [0.5, 0.6) is 0 Å². The molecule has 3 heterocycles. The molecule has 0 atom stereocenters. The molecule has 3 aromatic rings. The Hall–Kier alpha value is -2.80. The molecule has 0 N–H and O–H groups in total. The van der Waals surface area contributed by atoms with E-state index in [1.807, 2.05) is 43.8 Å². The molecule has 0 radical (unpaired) electrons. The molecule has 4 rings (SSSR count). The Morgan fingerprint density at radius 3 is 2.66 bits per heavy atom. The molecule has 1 aliphatic heterocycles. The molecule has 0 bridgehead atoms. The largest absolute Gasteiger partial charge is 0.469 e. The van der Waals surface area contributed by atoms with Crippen LogP contribution in [0.2, 0.25) is 0 Å². The highest BCUT2D eigenvalue weighted by atomic mass is 32.2. The smallest absolute Gasteiger partial charge is 0.191 e. The number of carbonyl (C=O) groups excluding carboxylic acids is 1. The van der Waals surface area contributed by atoms with Gasteiger partial charge in [0.15, 0.2) is 16.8 Å². The third-order valence-electron chi connectivity index (χ3n) is 5.52. The number of ketones is 1. The second-order valence-corrected chi connectivity index (χ2v) is 8.68. The summed E-state index contributed by atoms with van der Waals surface area (Å²) >= 11 is 1.39. The van der Waals surface area contributed by atoms with E-state index in [-0.39, 0.29) is 11.2 Å². The molecule has 6 nitrogen and oxygen atoms in total. The molecular formula is C22H24N4O2S. The molecule has 0 saturated heterocycles. The van der Waals surface area contributed by atoms with Gasteiger partial charge in [0.25, 0.3) is 0 Å². The number of thioether (sulfide) groups is 1. The number of hydrogen-bond acceptors (Lipinski definition) is 6. The first kappa shape index (κ1) is 19.5. The number of para-hydroxylation sites is 1. The minimum absolute atomic E-state index is 0.0572. The second-order valence-electron chi connectivity index (χ2n) is 7.74. The van der Waals surface area contributed by atoms with E-state index in [4.69, 9.17) is 4.42 Å². The normalized spacial score (nSPS) is 16.4. The number of anilines is 1. The average molecular weight is 409 g/mol. The summed E-state index contributed by atoms with van der Waals surface area (Å²) in [6.45, 7) is 6.21. The highest BCUT2D eigenvalue weighted by Gasteiger charge is 2.38. The topological polar surface area (TPSA) is 64.2 Å². The predicted molar refractivity (Wildman–Crippen MR) is 115 cm³/mol. The highest BCUT2D eigenvalue weighted by molar-refractivity contribution is 7.99. The first-order chi connectivity index (χ1) is 13.8. The molecule has 29 heavy (non-hydrogen) atoms. The Morgan fingerprint density at radius 1 is 1.21 bits per heavy atom. The molecule has 0 fully saturated rings. The lowest BCUT2D eigenvalue weighted by atomic mass is 9.83. The van der Waals surface area contributed by atoms with Crippen LogP contribution in [0, 0.1) is 6.92 Å². The maximum atomic E-state index is 12.8. The van der Waals surface area contributed by atoms with Gasteiger partial charge in [0.05, 0.1) is 17.6 Å². The fourth-order valence-electron chi connectivity index (χ4n) is 3.88. The van der Waals surface area contributed by atoms with Gasteiger partial charge in [-0.15, -0.1) is 10.2 Å². The number of fused-ring (bicyclic) bond motifs is 1. The molecule has 0 aliphatic carbocycles. The number of carbonyl (C=O) groups is 1. The number of furan rings is 1. The van der Waals surface area contributed by atoms with Crippen molar-refractivity contribution in [2.24, 2.45) is 7.05 Å². The summed E-state index contributed by atoms with van der Waals surface area (Å²) in [5, 5.41) is 9.21. The SMILES string of the molecule is Cc1occc1-c1nnc(SCC(=O)/C=C2\N(C)c3ccccc3C2(C)C)n1C. The number of allylic oxidation sites excluding steroid dienone is 2. The van der Waals surface area contributed by atoms with Gasteiger partial charge in [0.2, 0.25) is 0 Å². The maximum absolute atomic E-state index is 12.8. The van der Waals surface area contributed by atoms with Gasteiger partial charge < -0.3 is 13.9 Å². The van der Waals surface area contributed by atoms with Crippen molar-refractivity contribution in [3.63, 3.8) is 0 Å². The van der Waals surface area contributed by atoms with E-state index in [9.17, 15) is 4.79 Å². The zero-order valence-corrected chi connectivity index (χ0v) is 18.1. The summed E-state index contributed by atoms with van der Waals surface area (Å²) in [6.07, 6.45) is 3.41. The fraction of sp³-hybridized carbons (Fsp3) is 0.318. The molecule has 0 saturated carbocycles. The van der Waals surface area contributed by atoms with Crippen LogP contribution in [0.1, 0.15) is 25.2 Å². The zero-order chi connectivity index (χ0) is 20.8. The van der Waals surface area contributed by atoms with Crippen molar-refractivity contribution in [1.29, 1.82) is 0 Å². The van der Waals surface area contributed by atoms with Crippen LogP contribution in [0.15, 0.2) is 57.9 Å².